The van der Waals surface area contributed by atoms with Crippen LogP contribution < -0.4 is 15.5 Å². The van der Waals surface area contributed by atoms with Crippen LogP contribution >= 0.6 is 66.7 Å². The summed E-state index contributed by atoms with van der Waals surface area (Å²) >= 11 is 24.7. The molecule has 0 aliphatic rings. The standard InChI is InChI=1S/C28H16Br2Cl3N3O4/c29-18-10-17(25(23(30)12-18)40-28(39)22-9-8-20(32)13-24(22)33)14-34-36-27(38)16-2-1-3-21(11-16)35-26(37)15-4-6-19(31)7-5-15/h1-14H,(H,35,37)(H,36,38). The highest BCUT2D eigenvalue weighted by atomic mass is 79.9. The van der Waals surface area contributed by atoms with Crippen LogP contribution in [0.5, 0.6) is 5.75 Å². The SMILES string of the molecule is O=C(NN=Cc1cc(Br)cc(Br)c1OC(=O)c1ccc(Cl)cc1Cl)c1cccc(NC(=O)c2ccc(Cl)cc2)c1. The molecule has 40 heavy (non-hydrogen) atoms. The number of hydrogen-bond donors (Lipinski definition) is 2. The molecule has 0 heterocycles. The maximum atomic E-state index is 12.8. The number of nitrogens with one attached hydrogen (secondary N) is 2. The number of nitrogens with zero attached hydrogens (tertiary/aromatic N) is 1. The van der Waals surface area contributed by atoms with Crippen molar-refractivity contribution in [3.8, 4) is 5.75 Å². The van der Waals surface area contributed by atoms with Gasteiger partial charge in [0.15, 0.2) is 5.75 Å². The van der Waals surface area contributed by atoms with E-state index >= 15 is 0 Å². The minimum Gasteiger partial charge on any atom is -0.421 e. The number of benzene rings is 4. The molecule has 2 amide bonds. The summed E-state index contributed by atoms with van der Waals surface area (Å²) in [5.74, 6) is -1.43. The lowest BCUT2D eigenvalue weighted by molar-refractivity contribution is 0.0732. The Morgan fingerprint density at radius 2 is 1.52 bits per heavy atom. The van der Waals surface area contributed by atoms with E-state index in [2.05, 4.69) is 47.7 Å². The van der Waals surface area contributed by atoms with Crippen molar-refractivity contribution in [2.75, 3.05) is 5.32 Å². The second-order valence-electron chi connectivity index (χ2n) is 8.06. The van der Waals surface area contributed by atoms with Crippen LogP contribution in [0, 0.1) is 0 Å². The lowest BCUT2D eigenvalue weighted by Crippen LogP contribution is -2.18. The number of carbonyl (C=O) groups excluding carboxylic acids is 3. The summed E-state index contributed by atoms with van der Waals surface area (Å²) < 4.78 is 6.71. The third kappa shape index (κ3) is 7.71. The highest BCUT2D eigenvalue weighted by Gasteiger charge is 2.18. The van der Waals surface area contributed by atoms with Gasteiger partial charge in [0.05, 0.1) is 21.3 Å². The highest BCUT2D eigenvalue weighted by molar-refractivity contribution is 9.11. The molecule has 0 aliphatic heterocycles. The number of hydrogen-bond acceptors (Lipinski definition) is 5. The number of esters is 1. The molecular formula is C28H16Br2Cl3N3O4. The van der Waals surface area contributed by atoms with Crippen molar-refractivity contribution in [1.82, 2.24) is 5.43 Å². The van der Waals surface area contributed by atoms with E-state index in [0.717, 1.165) is 0 Å². The van der Waals surface area contributed by atoms with Crippen LogP contribution in [0.2, 0.25) is 15.1 Å². The fourth-order valence-electron chi connectivity index (χ4n) is 3.35. The van der Waals surface area contributed by atoms with E-state index in [4.69, 9.17) is 39.5 Å². The van der Waals surface area contributed by atoms with Crippen LogP contribution in [0.25, 0.3) is 0 Å². The van der Waals surface area contributed by atoms with Crippen molar-refractivity contribution in [2.45, 2.75) is 0 Å². The topological polar surface area (TPSA) is 96.9 Å². The van der Waals surface area contributed by atoms with Gasteiger partial charge in [-0.3, -0.25) is 9.59 Å². The van der Waals surface area contributed by atoms with Gasteiger partial charge in [-0.05, 0) is 88.7 Å². The Balaban J connectivity index is 1.47. The molecule has 7 nitrogen and oxygen atoms in total. The molecule has 2 N–H and O–H groups in total. The molecule has 0 atom stereocenters. The number of carbonyl (C=O) groups is 3. The Kier molecular flexibility index (Phi) is 9.99. The van der Waals surface area contributed by atoms with E-state index in [0.29, 0.717) is 35.8 Å². The molecule has 4 aromatic carbocycles. The van der Waals surface area contributed by atoms with Crippen LogP contribution in [0.3, 0.4) is 0 Å². The van der Waals surface area contributed by atoms with Crippen molar-refractivity contribution >= 4 is 96.3 Å². The molecule has 0 fully saturated rings. The summed E-state index contributed by atoms with van der Waals surface area (Å²) in [7, 11) is 0. The first kappa shape index (κ1) is 29.8. The number of amides is 2. The second kappa shape index (κ2) is 13.4. The average molecular weight is 725 g/mol. The predicted molar refractivity (Wildman–Crippen MR) is 164 cm³/mol. The van der Waals surface area contributed by atoms with Gasteiger partial charge in [-0.25, -0.2) is 10.2 Å². The minimum absolute atomic E-state index is 0.125. The van der Waals surface area contributed by atoms with Crippen LogP contribution in [0.4, 0.5) is 5.69 Å². The minimum atomic E-state index is -0.708. The molecule has 0 saturated carbocycles. The third-order valence-electron chi connectivity index (χ3n) is 5.24. The lowest BCUT2D eigenvalue weighted by Gasteiger charge is -2.11. The fraction of sp³-hybridized carbons (Fsp3) is 0. The van der Waals surface area contributed by atoms with Crippen LogP contribution in [0.1, 0.15) is 36.6 Å². The molecule has 12 heteroatoms. The molecule has 4 rings (SSSR count). The van der Waals surface area contributed by atoms with Crippen molar-refractivity contribution in [3.05, 3.63) is 125 Å². The Bertz CT molecular complexity index is 1650. The molecule has 4 aromatic rings. The average Bonchev–Trinajstić information content (AvgIpc) is 2.90. The van der Waals surface area contributed by atoms with Crippen molar-refractivity contribution in [1.29, 1.82) is 0 Å². The van der Waals surface area contributed by atoms with Gasteiger partial charge < -0.3 is 10.1 Å². The third-order valence-corrected chi connectivity index (χ3v) is 7.09. The van der Waals surface area contributed by atoms with Gasteiger partial charge in [0.25, 0.3) is 11.8 Å². The zero-order valence-corrected chi connectivity index (χ0v) is 25.5. The van der Waals surface area contributed by atoms with E-state index in [1.807, 2.05) is 0 Å². The zero-order chi connectivity index (χ0) is 28.8. The van der Waals surface area contributed by atoms with Crippen molar-refractivity contribution < 1.29 is 19.1 Å². The molecule has 0 unspecified atom stereocenters. The summed E-state index contributed by atoms with van der Waals surface area (Å²) in [6, 6.07) is 20.5. The summed E-state index contributed by atoms with van der Waals surface area (Å²) in [4.78, 5) is 38.0. The van der Waals surface area contributed by atoms with Crippen LogP contribution in [-0.2, 0) is 0 Å². The van der Waals surface area contributed by atoms with Gasteiger partial charge in [0.1, 0.15) is 0 Å². The van der Waals surface area contributed by atoms with Gasteiger partial charge in [0, 0.05) is 36.9 Å². The number of halogens is 5. The zero-order valence-electron chi connectivity index (χ0n) is 20.1. The monoisotopic (exact) mass is 721 g/mol. The number of hydrazone groups is 1. The summed E-state index contributed by atoms with van der Waals surface area (Å²) in [6.45, 7) is 0. The number of ether oxygens (including phenoxy) is 1. The van der Waals surface area contributed by atoms with E-state index in [9.17, 15) is 14.4 Å². The first-order valence-electron chi connectivity index (χ1n) is 11.3. The van der Waals surface area contributed by atoms with Gasteiger partial charge >= 0.3 is 5.97 Å². The van der Waals surface area contributed by atoms with Gasteiger partial charge in [-0.15, -0.1) is 0 Å². The largest absolute Gasteiger partial charge is 0.421 e. The number of anilines is 1. The smallest absolute Gasteiger partial charge is 0.345 e. The molecule has 0 saturated heterocycles. The maximum Gasteiger partial charge on any atom is 0.345 e. The Morgan fingerprint density at radius 1 is 0.800 bits per heavy atom. The molecule has 0 bridgehead atoms. The Morgan fingerprint density at radius 3 is 2.25 bits per heavy atom. The Hall–Kier alpha value is -3.21. The van der Waals surface area contributed by atoms with Gasteiger partial charge in [-0.1, -0.05) is 56.8 Å². The van der Waals surface area contributed by atoms with E-state index in [1.54, 1.807) is 54.6 Å². The maximum absolute atomic E-state index is 12.8. The molecule has 0 spiro atoms. The quantitative estimate of drug-likeness (QED) is 0.0866. The van der Waals surface area contributed by atoms with Crippen molar-refractivity contribution in [2.24, 2.45) is 5.10 Å². The van der Waals surface area contributed by atoms with E-state index < -0.39 is 11.9 Å². The van der Waals surface area contributed by atoms with Crippen LogP contribution in [-0.4, -0.2) is 24.0 Å². The van der Waals surface area contributed by atoms with Gasteiger partial charge in [-0.2, -0.15) is 5.10 Å². The van der Waals surface area contributed by atoms with E-state index in [1.165, 1.54) is 30.5 Å². The number of rotatable bonds is 7. The summed E-state index contributed by atoms with van der Waals surface area (Å²) in [6.07, 6.45) is 1.33. The fourth-order valence-corrected chi connectivity index (χ4v) is 5.31. The molecular weight excluding hydrogens is 708 g/mol. The molecule has 0 aromatic heterocycles. The molecule has 0 aliphatic carbocycles. The van der Waals surface area contributed by atoms with Crippen LogP contribution in [0.15, 0.2) is 92.9 Å². The molecule has 0 radical (unpaired) electrons. The Labute approximate surface area is 260 Å². The normalized spacial score (nSPS) is 10.8. The second-order valence-corrected chi connectivity index (χ2v) is 11.1. The van der Waals surface area contributed by atoms with Gasteiger partial charge in [0.2, 0.25) is 0 Å². The first-order chi connectivity index (χ1) is 19.1. The first-order valence-corrected chi connectivity index (χ1v) is 14.0. The highest BCUT2D eigenvalue weighted by Crippen LogP contribution is 2.33. The summed E-state index contributed by atoms with van der Waals surface area (Å²) in [5.41, 5.74) is 4.02. The molecule has 202 valence electrons. The summed E-state index contributed by atoms with van der Waals surface area (Å²) in [5, 5.41) is 7.79. The van der Waals surface area contributed by atoms with Crippen molar-refractivity contribution in [3.63, 3.8) is 0 Å². The predicted octanol–water partition coefficient (Wildman–Crippen LogP) is 8.41. The van der Waals surface area contributed by atoms with E-state index in [-0.39, 0.29) is 27.8 Å². The lowest BCUT2D eigenvalue weighted by atomic mass is 10.1.